The van der Waals surface area contributed by atoms with E-state index in [0.717, 1.165) is 62.8 Å². The number of sulfonamides is 1. The van der Waals surface area contributed by atoms with Gasteiger partial charge in [-0.25, -0.2) is 17.8 Å². The molecule has 1 aromatic carbocycles. The van der Waals surface area contributed by atoms with Gasteiger partial charge in [-0.3, -0.25) is 5.01 Å². The van der Waals surface area contributed by atoms with Crippen LogP contribution in [0.15, 0.2) is 42.4 Å². The van der Waals surface area contributed by atoms with E-state index in [0.29, 0.717) is 18.2 Å². The van der Waals surface area contributed by atoms with Gasteiger partial charge in [0.1, 0.15) is 0 Å². The molecule has 13 heteroatoms. The molecule has 1 fully saturated rings. The van der Waals surface area contributed by atoms with Crippen LogP contribution in [-0.2, 0) is 27.7 Å². The summed E-state index contributed by atoms with van der Waals surface area (Å²) < 4.78 is 32.0. The van der Waals surface area contributed by atoms with Crippen LogP contribution in [0, 0.1) is 0 Å². The van der Waals surface area contributed by atoms with Crippen LogP contribution in [0.1, 0.15) is 50.3 Å². The molecule has 2 aromatic rings. The van der Waals surface area contributed by atoms with Crippen LogP contribution < -0.4 is 15.7 Å². The van der Waals surface area contributed by atoms with Gasteiger partial charge in [0.05, 0.1) is 36.5 Å². The number of aliphatic hydroxyl groups is 1. The van der Waals surface area contributed by atoms with E-state index < -0.39 is 16.3 Å². The largest absolute Gasteiger partial charge is 0.368 e. The van der Waals surface area contributed by atoms with Crippen molar-refractivity contribution in [2.45, 2.75) is 70.4 Å². The van der Waals surface area contributed by atoms with Crippen molar-refractivity contribution in [2.75, 3.05) is 26.4 Å². The summed E-state index contributed by atoms with van der Waals surface area (Å²) in [4.78, 5) is 2.32. The first-order chi connectivity index (χ1) is 18.1. The molecule has 4 N–H and O–H groups in total. The molecule has 0 saturated carbocycles. The normalized spacial score (nSPS) is 22.1. The molecule has 1 saturated heterocycles. The van der Waals surface area contributed by atoms with E-state index in [1.54, 1.807) is 10.9 Å². The highest BCUT2D eigenvalue weighted by molar-refractivity contribution is 7.88. The lowest BCUT2D eigenvalue weighted by Gasteiger charge is -2.36. The molecular formula is C25H40N8O4S. The van der Waals surface area contributed by atoms with Gasteiger partial charge in [0.25, 0.3) is 0 Å². The standard InChI is InChI=1S/C25H40N8O4S/c1-19-14-24(15-25(34)37-19)31(2)13-11-21-17-32(29-27-21)12-5-4-6-20-7-9-23(10-8-20)33-18-22(28-30-33)16-26-38(3,35)36/h7-10,17-19,24-27,29,34H,4-6,11-16H2,1-3H3/t19-,24+,25-/m1/s1. The minimum absolute atomic E-state index is 0.0880. The second kappa shape index (κ2) is 13.0. The molecule has 2 aliphatic rings. The molecule has 0 bridgehead atoms. The fourth-order valence-corrected chi connectivity index (χ4v) is 5.12. The summed E-state index contributed by atoms with van der Waals surface area (Å²) in [6, 6.07) is 8.52. The van der Waals surface area contributed by atoms with Crippen molar-refractivity contribution in [3.63, 3.8) is 0 Å². The van der Waals surface area contributed by atoms with Crippen molar-refractivity contribution in [2.24, 2.45) is 0 Å². The minimum Gasteiger partial charge on any atom is -0.368 e. The average molecular weight is 549 g/mol. The molecule has 4 rings (SSSR count). The van der Waals surface area contributed by atoms with E-state index in [2.05, 4.69) is 61.3 Å². The third-order valence-electron chi connectivity index (χ3n) is 6.87. The molecule has 0 aliphatic carbocycles. The van der Waals surface area contributed by atoms with E-state index in [1.807, 2.05) is 19.1 Å². The number of hydrogen-bond acceptors (Lipinski definition) is 10. The number of aromatic nitrogens is 3. The maximum atomic E-state index is 11.2. The van der Waals surface area contributed by atoms with Crippen LogP contribution in [-0.4, -0.2) is 83.3 Å². The van der Waals surface area contributed by atoms with Crippen LogP contribution in [0.3, 0.4) is 0 Å². The molecule has 0 radical (unpaired) electrons. The highest BCUT2D eigenvalue weighted by Crippen LogP contribution is 2.22. The van der Waals surface area contributed by atoms with Gasteiger partial charge in [0, 0.05) is 43.9 Å². The minimum atomic E-state index is -3.27. The molecule has 12 nitrogen and oxygen atoms in total. The summed E-state index contributed by atoms with van der Waals surface area (Å²) >= 11 is 0. The molecule has 0 spiro atoms. The Morgan fingerprint density at radius 2 is 2.00 bits per heavy atom. The highest BCUT2D eigenvalue weighted by Gasteiger charge is 2.28. The highest BCUT2D eigenvalue weighted by atomic mass is 32.2. The monoisotopic (exact) mass is 548 g/mol. The topological polar surface area (TPSA) is 137 Å². The maximum Gasteiger partial charge on any atom is 0.209 e. The first-order valence-corrected chi connectivity index (χ1v) is 15.0. The molecular weight excluding hydrogens is 508 g/mol. The number of unbranched alkanes of at least 4 members (excludes halogenated alkanes) is 1. The zero-order valence-electron chi connectivity index (χ0n) is 22.4. The second-order valence-corrected chi connectivity index (χ2v) is 12.0. The van der Waals surface area contributed by atoms with Crippen molar-refractivity contribution in [3.8, 4) is 5.69 Å². The van der Waals surface area contributed by atoms with Gasteiger partial charge in [-0.2, -0.15) is 0 Å². The number of ether oxygens (including phenoxy) is 1. The smallest absolute Gasteiger partial charge is 0.209 e. The van der Waals surface area contributed by atoms with Gasteiger partial charge in [-0.05, 0) is 57.4 Å². The molecule has 210 valence electrons. The summed E-state index contributed by atoms with van der Waals surface area (Å²) in [7, 11) is -1.15. The zero-order chi connectivity index (χ0) is 27.1. The van der Waals surface area contributed by atoms with Crippen molar-refractivity contribution in [1.82, 2.24) is 40.6 Å². The molecule has 2 aliphatic heterocycles. The van der Waals surface area contributed by atoms with E-state index in [9.17, 15) is 13.5 Å². The van der Waals surface area contributed by atoms with Crippen molar-refractivity contribution in [3.05, 3.63) is 53.6 Å². The van der Waals surface area contributed by atoms with Gasteiger partial charge >= 0.3 is 0 Å². The maximum absolute atomic E-state index is 11.2. The van der Waals surface area contributed by atoms with Gasteiger partial charge in [-0.1, -0.05) is 17.3 Å². The SMILES string of the molecule is C[C@@H]1C[C@H](N(C)CCC2=CN(CCCCc3ccc(-n4cc(CNS(C)(=O)=O)nn4)cc3)NN2)C[C@H](O)O1. The Morgan fingerprint density at radius 1 is 1.21 bits per heavy atom. The Morgan fingerprint density at radius 3 is 2.74 bits per heavy atom. The summed E-state index contributed by atoms with van der Waals surface area (Å²) in [5.74, 6) is 0. The van der Waals surface area contributed by atoms with Gasteiger partial charge in [0.15, 0.2) is 6.29 Å². The van der Waals surface area contributed by atoms with Crippen LogP contribution in [0.4, 0.5) is 0 Å². The summed E-state index contributed by atoms with van der Waals surface area (Å²) in [5, 5.41) is 20.1. The van der Waals surface area contributed by atoms with Crippen molar-refractivity contribution in [1.29, 1.82) is 0 Å². The average Bonchev–Trinajstić information content (AvgIpc) is 3.53. The summed E-state index contributed by atoms with van der Waals surface area (Å²) in [6.45, 7) is 3.96. The molecule has 0 amide bonds. The Hall–Kier alpha value is -2.55. The number of rotatable bonds is 13. The summed E-state index contributed by atoms with van der Waals surface area (Å²) in [5.41, 5.74) is 10.4. The Balaban J connectivity index is 1.14. The van der Waals surface area contributed by atoms with Gasteiger partial charge < -0.3 is 20.2 Å². The summed E-state index contributed by atoms with van der Waals surface area (Å²) in [6.07, 6.45) is 10.0. The first kappa shape index (κ1) is 28.5. The fourth-order valence-electron chi connectivity index (χ4n) is 4.71. The van der Waals surface area contributed by atoms with Crippen molar-refractivity contribution < 1.29 is 18.3 Å². The molecule has 1 aromatic heterocycles. The third kappa shape index (κ3) is 8.75. The van der Waals surface area contributed by atoms with E-state index in [1.165, 1.54) is 5.56 Å². The van der Waals surface area contributed by atoms with Gasteiger partial charge in [-0.15, -0.1) is 10.6 Å². The first-order valence-electron chi connectivity index (χ1n) is 13.1. The molecule has 3 heterocycles. The number of hydrogen-bond donors (Lipinski definition) is 4. The number of benzene rings is 1. The zero-order valence-corrected chi connectivity index (χ0v) is 23.2. The lowest BCUT2D eigenvalue weighted by atomic mass is 10.0. The van der Waals surface area contributed by atoms with Crippen molar-refractivity contribution >= 4 is 10.0 Å². The predicted octanol–water partition coefficient (Wildman–Crippen LogP) is 1.01. The molecule has 38 heavy (non-hydrogen) atoms. The van der Waals surface area contributed by atoms with Crippen LogP contribution >= 0.6 is 0 Å². The Kier molecular flexibility index (Phi) is 9.74. The molecule has 0 unspecified atom stereocenters. The number of nitrogens with zero attached hydrogens (tertiary/aromatic N) is 5. The lowest BCUT2D eigenvalue weighted by molar-refractivity contribution is -0.173. The van der Waals surface area contributed by atoms with E-state index in [-0.39, 0.29) is 12.6 Å². The number of nitrogens with one attached hydrogen (secondary N) is 3. The number of aliphatic hydroxyl groups excluding tert-OH is 1. The number of aryl methyl sites for hydroxylation is 1. The van der Waals surface area contributed by atoms with E-state index in [4.69, 9.17) is 4.74 Å². The second-order valence-electron chi connectivity index (χ2n) is 10.2. The number of hydrazine groups is 2. The predicted molar refractivity (Wildman–Crippen MR) is 144 cm³/mol. The van der Waals surface area contributed by atoms with Crippen LogP contribution in [0.5, 0.6) is 0 Å². The third-order valence-corrected chi connectivity index (χ3v) is 7.54. The quantitative estimate of drug-likeness (QED) is 0.269. The lowest BCUT2D eigenvalue weighted by Crippen LogP contribution is -2.43. The Bertz CT molecular complexity index is 1160. The Labute approximate surface area is 225 Å². The molecule has 3 atom stereocenters. The van der Waals surface area contributed by atoms with E-state index >= 15 is 0 Å². The van der Waals surface area contributed by atoms with Gasteiger partial charge in [0.2, 0.25) is 10.0 Å². The fraction of sp³-hybridized carbons (Fsp3) is 0.600. The van der Waals surface area contributed by atoms with Crippen LogP contribution in [0.25, 0.3) is 5.69 Å². The van der Waals surface area contributed by atoms with Crippen LogP contribution in [0.2, 0.25) is 0 Å².